The monoisotopic (exact) mass is 895 g/mol. The molecule has 0 radical (unpaired) electrons. The molecule has 13 heteroatoms. The average molecular weight is 896 g/mol. The van der Waals surface area contributed by atoms with Crippen LogP contribution in [-0.4, -0.2) is 58.3 Å². The first-order chi connectivity index (χ1) is 32.4. The highest BCUT2D eigenvalue weighted by Gasteiger charge is 2.11. The van der Waals surface area contributed by atoms with Gasteiger partial charge in [-0.25, -0.2) is 29.5 Å². The van der Waals surface area contributed by atoms with E-state index in [1.165, 1.54) is 12.2 Å². The van der Waals surface area contributed by atoms with E-state index < -0.39 is 0 Å². The Morgan fingerprint density at radius 2 is 0.864 bits per heavy atom. The number of hydrogen-bond acceptors (Lipinski definition) is 13. The van der Waals surface area contributed by atoms with Gasteiger partial charge < -0.3 is 28.4 Å². The maximum absolute atomic E-state index is 11.1. The van der Waals surface area contributed by atoms with Gasteiger partial charge in [-0.1, -0.05) is 126 Å². The SMILES string of the molecule is C=CC(=O)OCCCCCCCCCOc1cnc(-c2ccc(COc3ccc(C#N)cc3OCc3ccc(-c4ncc(OCCCCCCCCCOC(=O)C=C)cn4)cc3)cc2)nc1. The summed E-state index contributed by atoms with van der Waals surface area (Å²) in [6.07, 6.45) is 24.0. The van der Waals surface area contributed by atoms with Crippen molar-refractivity contribution >= 4 is 11.9 Å². The second-order valence-corrected chi connectivity index (χ2v) is 15.6. The van der Waals surface area contributed by atoms with Gasteiger partial charge in [0.15, 0.2) is 34.6 Å². The van der Waals surface area contributed by atoms with Gasteiger partial charge in [-0.05, 0) is 48.9 Å². The fourth-order valence-corrected chi connectivity index (χ4v) is 6.73. The van der Waals surface area contributed by atoms with E-state index >= 15 is 0 Å². The van der Waals surface area contributed by atoms with Crippen molar-refractivity contribution in [2.45, 2.75) is 103 Å². The largest absolute Gasteiger partial charge is 0.490 e. The lowest BCUT2D eigenvalue weighted by Gasteiger charge is -2.14. The quantitative estimate of drug-likeness (QED) is 0.0228. The van der Waals surface area contributed by atoms with Crippen molar-refractivity contribution in [2.75, 3.05) is 26.4 Å². The van der Waals surface area contributed by atoms with E-state index in [4.69, 9.17) is 28.4 Å². The van der Waals surface area contributed by atoms with E-state index in [1.807, 2.05) is 48.5 Å². The third kappa shape index (κ3) is 18.6. The second kappa shape index (κ2) is 29.4. The molecule has 0 unspecified atom stereocenters. The molecule has 0 spiro atoms. The topological polar surface area (TPSA) is 165 Å². The Labute approximate surface area is 388 Å². The van der Waals surface area contributed by atoms with E-state index in [1.54, 1.807) is 43.0 Å². The first-order valence-corrected chi connectivity index (χ1v) is 22.9. The number of ether oxygens (including phenoxy) is 6. The molecule has 5 aromatic rings. The summed E-state index contributed by atoms with van der Waals surface area (Å²) in [6, 6.07) is 23.0. The van der Waals surface area contributed by atoms with Crippen LogP contribution in [0.3, 0.4) is 0 Å². The summed E-state index contributed by atoms with van der Waals surface area (Å²) in [4.78, 5) is 40.2. The summed E-state index contributed by atoms with van der Waals surface area (Å²) in [5, 5.41) is 9.57. The summed E-state index contributed by atoms with van der Waals surface area (Å²) in [5.74, 6) is 2.76. The minimum atomic E-state index is -0.361. The molecule has 5 rings (SSSR count). The average Bonchev–Trinajstić information content (AvgIpc) is 3.36. The second-order valence-electron chi connectivity index (χ2n) is 15.6. The molecule has 13 nitrogen and oxygen atoms in total. The fraction of sp³-hybridized carbons (Fsp3) is 0.377. The van der Waals surface area contributed by atoms with Crippen LogP contribution in [0.15, 0.2) is 117 Å². The van der Waals surface area contributed by atoms with Crippen molar-refractivity contribution in [3.8, 4) is 51.8 Å². The van der Waals surface area contributed by atoms with Crippen molar-refractivity contribution in [3.05, 3.63) is 134 Å². The van der Waals surface area contributed by atoms with Crippen molar-refractivity contribution in [1.29, 1.82) is 5.26 Å². The number of hydrogen-bond donors (Lipinski definition) is 0. The summed E-state index contributed by atoms with van der Waals surface area (Å²) in [6.45, 7) is 9.49. The molecule has 0 aliphatic heterocycles. The Balaban J connectivity index is 0.982. The molecule has 0 N–H and O–H groups in total. The third-order valence-electron chi connectivity index (χ3n) is 10.5. The molecule has 0 saturated heterocycles. The van der Waals surface area contributed by atoms with Crippen LogP contribution in [0.1, 0.15) is 107 Å². The molecule has 0 aliphatic carbocycles. The summed E-state index contributed by atoms with van der Waals surface area (Å²) < 4.78 is 34.1. The Bertz CT molecular complexity index is 2260. The van der Waals surface area contributed by atoms with Crippen LogP contribution in [0.4, 0.5) is 0 Å². The molecular weight excluding hydrogens is 835 g/mol. The number of aromatic nitrogens is 4. The van der Waals surface area contributed by atoms with E-state index in [2.05, 4.69) is 39.2 Å². The lowest BCUT2D eigenvalue weighted by molar-refractivity contribution is -0.138. The van der Waals surface area contributed by atoms with Crippen LogP contribution >= 0.6 is 0 Å². The van der Waals surface area contributed by atoms with Crippen LogP contribution in [0, 0.1) is 11.3 Å². The van der Waals surface area contributed by atoms with Crippen molar-refractivity contribution in [1.82, 2.24) is 19.9 Å². The van der Waals surface area contributed by atoms with E-state index in [0.29, 0.717) is 73.2 Å². The fourth-order valence-electron chi connectivity index (χ4n) is 6.73. The van der Waals surface area contributed by atoms with Crippen molar-refractivity contribution < 1.29 is 38.0 Å². The Kier molecular flexibility index (Phi) is 22.2. The van der Waals surface area contributed by atoms with Crippen molar-refractivity contribution in [3.63, 3.8) is 0 Å². The maximum Gasteiger partial charge on any atom is 0.330 e. The van der Waals surface area contributed by atoms with Crippen LogP contribution in [0.5, 0.6) is 23.0 Å². The standard InChI is InChI=1S/C53H61N5O8/c1-3-50(59)63-31-17-13-9-5-7-11-15-29-61-46-35-55-52(56-36-46)44-24-19-41(20-25-44)39-65-48-28-23-43(34-54)33-49(48)66-40-42-21-26-45(27-22-42)53-57-37-47(38-58-53)62-30-16-12-8-6-10-14-18-32-64-51(60)4-2/h3-4,19-28,33,35-38H,1-2,5-18,29-32,39-40H2. The summed E-state index contributed by atoms with van der Waals surface area (Å²) in [5.41, 5.74) is 4.09. The van der Waals surface area contributed by atoms with Gasteiger partial charge in [-0.3, -0.25) is 0 Å². The predicted octanol–water partition coefficient (Wildman–Crippen LogP) is 11.3. The molecular formula is C53H61N5O8. The molecule has 0 atom stereocenters. The van der Waals surface area contributed by atoms with Crippen LogP contribution < -0.4 is 18.9 Å². The van der Waals surface area contributed by atoms with Crippen LogP contribution in [0.2, 0.25) is 0 Å². The first kappa shape index (κ1) is 49.9. The normalized spacial score (nSPS) is 10.7. The van der Waals surface area contributed by atoms with Gasteiger partial charge in [-0.2, -0.15) is 5.26 Å². The molecule has 3 aromatic carbocycles. The summed E-state index contributed by atoms with van der Waals surface area (Å²) >= 11 is 0. The number of esters is 2. The Morgan fingerprint density at radius 3 is 1.26 bits per heavy atom. The van der Waals surface area contributed by atoms with Gasteiger partial charge in [0.25, 0.3) is 0 Å². The minimum absolute atomic E-state index is 0.269. The maximum atomic E-state index is 11.1. The number of nitrogens with zero attached hydrogens (tertiary/aromatic N) is 5. The van der Waals surface area contributed by atoms with Crippen molar-refractivity contribution in [2.24, 2.45) is 0 Å². The predicted molar refractivity (Wildman–Crippen MR) is 253 cm³/mol. The van der Waals surface area contributed by atoms with E-state index in [0.717, 1.165) is 112 Å². The molecule has 0 amide bonds. The molecule has 0 bridgehead atoms. The molecule has 0 fully saturated rings. The number of benzene rings is 3. The third-order valence-corrected chi connectivity index (χ3v) is 10.5. The van der Waals surface area contributed by atoms with Gasteiger partial charge in [0.2, 0.25) is 0 Å². The number of carbonyl (C=O) groups excluding carboxylic acids is 2. The summed E-state index contributed by atoms with van der Waals surface area (Å²) in [7, 11) is 0. The van der Waals surface area contributed by atoms with Gasteiger partial charge >= 0.3 is 11.9 Å². The van der Waals surface area contributed by atoms with E-state index in [-0.39, 0.29) is 18.5 Å². The van der Waals surface area contributed by atoms with Crippen LogP contribution in [0.25, 0.3) is 22.8 Å². The number of rotatable bonds is 32. The highest BCUT2D eigenvalue weighted by molar-refractivity contribution is 5.81. The highest BCUT2D eigenvalue weighted by Crippen LogP contribution is 2.31. The molecule has 0 saturated carbocycles. The smallest absolute Gasteiger partial charge is 0.330 e. The number of carbonyl (C=O) groups is 2. The molecule has 0 aliphatic rings. The van der Waals surface area contributed by atoms with Gasteiger partial charge in [-0.15, -0.1) is 0 Å². The zero-order valence-corrected chi connectivity index (χ0v) is 37.9. The number of nitriles is 1. The Hall–Kier alpha value is -7.07. The molecule has 66 heavy (non-hydrogen) atoms. The van der Waals surface area contributed by atoms with E-state index in [9.17, 15) is 14.9 Å². The lowest BCUT2D eigenvalue weighted by atomic mass is 10.1. The zero-order valence-electron chi connectivity index (χ0n) is 37.9. The Morgan fingerprint density at radius 1 is 0.485 bits per heavy atom. The minimum Gasteiger partial charge on any atom is -0.490 e. The van der Waals surface area contributed by atoms with Gasteiger partial charge in [0.1, 0.15) is 13.2 Å². The first-order valence-electron chi connectivity index (χ1n) is 22.9. The molecule has 2 aromatic heterocycles. The van der Waals surface area contributed by atoms with Gasteiger partial charge in [0, 0.05) is 29.3 Å². The number of unbranched alkanes of at least 4 members (excludes halogenated alkanes) is 12. The van der Waals surface area contributed by atoms with Crippen LogP contribution in [-0.2, 0) is 32.3 Å². The highest BCUT2D eigenvalue weighted by atomic mass is 16.5. The zero-order chi connectivity index (χ0) is 46.4. The molecule has 2 heterocycles. The lowest BCUT2D eigenvalue weighted by Crippen LogP contribution is -2.02. The van der Waals surface area contributed by atoms with Gasteiger partial charge in [0.05, 0.1) is 62.8 Å². The molecule has 346 valence electrons.